The van der Waals surface area contributed by atoms with Gasteiger partial charge in [0.1, 0.15) is 22.5 Å². The molecule has 0 aliphatic carbocycles. The number of rotatable bonds is 7. The van der Waals surface area contributed by atoms with Crippen molar-refractivity contribution in [2.75, 3.05) is 0 Å². The lowest BCUT2D eigenvalue weighted by atomic mass is 9.98. The van der Waals surface area contributed by atoms with E-state index in [1.54, 1.807) is 0 Å². The number of para-hydroxylation sites is 2. The van der Waals surface area contributed by atoms with Crippen LogP contribution in [0.4, 0.5) is 0 Å². The molecule has 0 saturated carbocycles. The number of pyridine rings is 2. The number of aryl methyl sites for hydroxylation is 2. The predicted octanol–water partition coefficient (Wildman–Crippen LogP) is 8.74. The van der Waals surface area contributed by atoms with Crippen molar-refractivity contribution < 1.29 is 11.4 Å². The fourth-order valence-electron chi connectivity index (χ4n) is 5.27. The monoisotopic (exact) mass is 562 g/mol. The van der Waals surface area contributed by atoms with Crippen molar-refractivity contribution in [2.24, 2.45) is 0 Å². The standard InChI is InChI=1S/C16H12O.2C10H9NO.Al/c17-15-11-5-9-13-8-4-10-14(16(13)15)12-6-2-1-3-7-12;2*1-7-5-6-8-3-2-4-9(12)10(8)11-7;/h1-11,17H;2*2-6,12H,1H3;/q;;;+3/p-3. The minimum Gasteiger partial charge on any atom is -0.577 e. The summed E-state index contributed by atoms with van der Waals surface area (Å²) >= 11 is -2.96. The quantitative estimate of drug-likeness (QED) is 0.182. The van der Waals surface area contributed by atoms with Crippen molar-refractivity contribution in [1.82, 2.24) is 9.97 Å². The molecule has 0 unspecified atom stereocenters. The lowest BCUT2D eigenvalue weighted by molar-refractivity contribution is 0.311. The molecule has 0 atom stereocenters. The van der Waals surface area contributed by atoms with Crippen molar-refractivity contribution in [1.29, 1.82) is 0 Å². The van der Waals surface area contributed by atoms with Gasteiger partial charge in [-0.1, -0.05) is 97.1 Å². The highest BCUT2D eigenvalue weighted by atomic mass is 27.3. The van der Waals surface area contributed by atoms with Gasteiger partial charge in [0.2, 0.25) is 0 Å². The van der Waals surface area contributed by atoms with Crippen LogP contribution in [0.3, 0.4) is 0 Å². The van der Waals surface area contributed by atoms with Crippen LogP contribution >= 0.6 is 0 Å². The van der Waals surface area contributed by atoms with Crippen molar-refractivity contribution in [2.45, 2.75) is 13.8 Å². The van der Waals surface area contributed by atoms with Gasteiger partial charge in [-0.2, -0.15) is 0 Å². The number of hydrogen-bond donors (Lipinski definition) is 0. The molecule has 0 N–H and O–H groups in total. The van der Waals surface area contributed by atoms with Crippen LogP contribution in [0.15, 0.2) is 127 Å². The zero-order chi connectivity index (χ0) is 28.5. The summed E-state index contributed by atoms with van der Waals surface area (Å²) in [6.45, 7) is 3.95. The Bertz CT molecular complexity index is 1970. The highest BCUT2D eigenvalue weighted by Crippen LogP contribution is 2.36. The topological polar surface area (TPSA) is 53.5 Å². The van der Waals surface area contributed by atoms with Crippen LogP contribution in [-0.4, -0.2) is 25.1 Å². The Kier molecular flexibility index (Phi) is 6.93. The smallest absolute Gasteiger partial charge is 0.577 e. The van der Waals surface area contributed by atoms with Crippen LogP contribution in [0.1, 0.15) is 11.4 Å². The second-order valence-corrected chi connectivity index (χ2v) is 11.5. The third-order valence-electron chi connectivity index (χ3n) is 7.27. The van der Waals surface area contributed by atoms with Gasteiger partial charge in [0.25, 0.3) is 0 Å². The van der Waals surface area contributed by atoms with E-state index in [-0.39, 0.29) is 0 Å². The average molecular weight is 563 g/mol. The number of benzene rings is 5. The van der Waals surface area contributed by atoms with Crippen LogP contribution in [0.5, 0.6) is 17.2 Å². The van der Waals surface area contributed by atoms with E-state index in [1.165, 1.54) is 0 Å². The van der Waals surface area contributed by atoms with Gasteiger partial charge in [0, 0.05) is 27.5 Å². The summed E-state index contributed by atoms with van der Waals surface area (Å²) in [5, 5.41) is 4.07. The van der Waals surface area contributed by atoms with Crippen molar-refractivity contribution >= 4 is 47.7 Å². The van der Waals surface area contributed by atoms with Crippen LogP contribution in [-0.2, 0) is 0 Å². The first-order chi connectivity index (χ1) is 20.6. The minimum atomic E-state index is -2.96. The Balaban J connectivity index is 1.36. The van der Waals surface area contributed by atoms with Gasteiger partial charge in [-0.25, -0.2) is 9.97 Å². The first kappa shape index (κ1) is 26.0. The SMILES string of the molecule is Cc1ccc2cccc([O][Al]([O]c3cccc4ccc(C)nc34)[O]c3cccc4cccc(-c5ccccc5)c34)c2n1. The molecule has 6 heteroatoms. The normalized spacial score (nSPS) is 11.1. The second kappa shape index (κ2) is 11.2. The van der Waals surface area contributed by atoms with Gasteiger partial charge >= 0.3 is 15.1 Å². The minimum absolute atomic E-state index is 0.626. The maximum atomic E-state index is 6.79. The maximum absolute atomic E-state index is 6.79. The molecule has 0 fully saturated rings. The number of fused-ring (bicyclic) bond motifs is 3. The largest absolute Gasteiger partial charge is 1.20 e. The molecular formula is C36H27AlN2O3. The van der Waals surface area contributed by atoms with E-state index in [0.717, 1.165) is 55.1 Å². The molecule has 42 heavy (non-hydrogen) atoms. The lowest BCUT2D eigenvalue weighted by Crippen LogP contribution is -2.37. The second-order valence-electron chi connectivity index (χ2n) is 10.2. The molecule has 0 spiro atoms. The predicted molar refractivity (Wildman–Crippen MR) is 170 cm³/mol. The van der Waals surface area contributed by atoms with Gasteiger partial charge in [0.05, 0.1) is 5.75 Å². The molecule has 5 nitrogen and oxygen atoms in total. The molecule has 7 aromatic rings. The summed E-state index contributed by atoms with van der Waals surface area (Å²) in [6.07, 6.45) is 0. The maximum Gasteiger partial charge on any atom is 1.20 e. The molecule has 0 bridgehead atoms. The highest BCUT2D eigenvalue weighted by molar-refractivity contribution is 6.40. The fraction of sp³-hybridized carbons (Fsp3) is 0.0556. The Hall–Kier alpha value is -4.89. The Morgan fingerprint density at radius 2 is 0.952 bits per heavy atom. The summed E-state index contributed by atoms with van der Waals surface area (Å²) < 4.78 is 20.1. The van der Waals surface area contributed by atoms with Gasteiger partial charge < -0.3 is 11.4 Å². The summed E-state index contributed by atoms with van der Waals surface area (Å²) in [5.41, 5.74) is 5.57. The van der Waals surface area contributed by atoms with Gasteiger partial charge in [0.15, 0.2) is 0 Å². The first-order valence-corrected chi connectivity index (χ1v) is 15.3. The molecular weight excluding hydrogens is 535 g/mol. The molecule has 0 saturated heterocycles. The molecule has 2 aromatic heterocycles. The zero-order valence-electron chi connectivity index (χ0n) is 23.3. The zero-order valence-corrected chi connectivity index (χ0v) is 24.5. The Morgan fingerprint density at radius 1 is 0.452 bits per heavy atom. The van der Waals surface area contributed by atoms with E-state index in [1.807, 2.05) is 92.7 Å². The third kappa shape index (κ3) is 5.15. The van der Waals surface area contributed by atoms with Crippen LogP contribution in [0.2, 0.25) is 0 Å². The van der Waals surface area contributed by atoms with Gasteiger partial charge in [-0.05, 0) is 60.7 Å². The Labute approximate surface area is 249 Å². The van der Waals surface area contributed by atoms with E-state index in [9.17, 15) is 0 Å². The molecule has 0 aliphatic heterocycles. The van der Waals surface area contributed by atoms with Crippen LogP contribution in [0.25, 0.3) is 43.7 Å². The summed E-state index contributed by atoms with van der Waals surface area (Å²) in [6, 6.07) is 42.7. The van der Waals surface area contributed by atoms with E-state index in [2.05, 4.69) is 48.5 Å². The summed E-state index contributed by atoms with van der Waals surface area (Å²) in [7, 11) is 0. The van der Waals surface area contributed by atoms with Crippen molar-refractivity contribution in [3.05, 3.63) is 139 Å². The van der Waals surface area contributed by atoms with Crippen LogP contribution < -0.4 is 11.4 Å². The Morgan fingerprint density at radius 3 is 1.55 bits per heavy atom. The number of aromatic nitrogens is 2. The summed E-state index contributed by atoms with van der Waals surface area (Å²) in [4.78, 5) is 9.56. The van der Waals surface area contributed by atoms with Gasteiger partial charge in [-0.15, -0.1) is 0 Å². The molecule has 5 aromatic carbocycles. The van der Waals surface area contributed by atoms with E-state index in [0.29, 0.717) is 17.2 Å². The third-order valence-corrected chi connectivity index (χ3v) is 8.60. The number of hydrogen-bond acceptors (Lipinski definition) is 5. The van der Waals surface area contributed by atoms with E-state index >= 15 is 0 Å². The molecule has 0 aliphatic rings. The molecule has 7 rings (SSSR count). The fourth-order valence-corrected chi connectivity index (χ4v) is 6.61. The lowest BCUT2D eigenvalue weighted by Gasteiger charge is -2.20. The van der Waals surface area contributed by atoms with Crippen LogP contribution in [0, 0.1) is 13.8 Å². The molecule has 0 radical (unpaired) electrons. The van der Waals surface area contributed by atoms with E-state index < -0.39 is 15.1 Å². The average Bonchev–Trinajstić information content (AvgIpc) is 3.02. The van der Waals surface area contributed by atoms with E-state index in [4.69, 9.17) is 21.3 Å². The first-order valence-electron chi connectivity index (χ1n) is 13.9. The molecule has 2 heterocycles. The summed E-state index contributed by atoms with van der Waals surface area (Å²) in [5.74, 6) is 1.96. The van der Waals surface area contributed by atoms with Crippen molar-refractivity contribution in [3.63, 3.8) is 0 Å². The van der Waals surface area contributed by atoms with Gasteiger partial charge in [-0.3, -0.25) is 0 Å². The molecule has 202 valence electrons. The molecule has 0 amide bonds. The highest BCUT2D eigenvalue weighted by Gasteiger charge is 2.46. The number of nitrogens with zero attached hydrogens (tertiary/aromatic N) is 2. The van der Waals surface area contributed by atoms with Crippen molar-refractivity contribution in [3.8, 4) is 28.4 Å².